The van der Waals surface area contributed by atoms with Crippen molar-refractivity contribution in [3.63, 3.8) is 0 Å². The van der Waals surface area contributed by atoms with Crippen molar-refractivity contribution in [2.75, 3.05) is 13.4 Å². The Morgan fingerprint density at radius 1 is 1.05 bits per heavy atom. The van der Waals surface area contributed by atoms with Crippen LogP contribution in [0.4, 0.5) is 0 Å². The van der Waals surface area contributed by atoms with Crippen LogP contribution in [0.3, 0.4) is 0 Å². The Morgan fingerprint density at radius 3 is 2.70 bits per heavy atom. The highest BCUT2D eigenvalue weighted by Crippen LogP contribution is 2.27. The van der Waals surface area contributed by atoms with Crippen LogP contribution in [0.15, 0.2) is 47.3 Å². The van der Waals surface area contributed by atoms with Crippen LogP contribution in [-0.4, -0.2) is 13.4 Å². The van der Waals surface area contributed by atoms with E-state index in [1.807, 2.05) is 49.4 Å². The Balaban J connectivity index is 2.10. The smallest absolute Gasteiger partial charge is 0.195 e. The van der Waals surface area contributed by atoms with Crippen LogP contribution in [0.25, 0.3) is 20.2 Å². The third-order valence-electron chi connectivity index (χ3n) is 3.06. The van der Waals surface area contributed by atoms with Gasteiger partial charge in [-0.1, -0.05) is 12.1 Å². The van der Waals surface area contributed by atoms with Gasteiger partial charge in [0.05, 0.1) is 0 Å². The van der Waals surface area contributed by atoms with E-state index < -0.39 is 0 Å². The first-order valence-corrected chi connectivity index (χ1v) is 7.27. The largest absolute Gasteiger partial charge is 0.468 e. The van der Waals surface area contributed by atoms with Gasteiger partial charge in [-0.3, -0.25) is 4.79 Å². The van der Waals surface area contributed by atoms with Gasteiger partial charge in [0.25, 0.3) is 0 Å². The van der Waals surface area contributed by atoms with Crippen LogP contribution < -0.4 is 10.2 Å². The van der Waals surface area contributed by atoms with Crippen LogP contribution in [0.5, 0.6) is 5.75 Å². The molecule has 0 N–H and O–H groups in total. The number of fused-ring (bicyclic) bond motifs is 2. The molecule has 0 amide bonds. The molecule has 3 nitrogen and oxygen atoms in total. The van der Waals surface area contributed by atoms with Crippen molar-refractivity contribution < 1.29 is 9.47 Å². The van der Waals surface area contributed by atoms with E-state index in [-0.39, 0.29) is 12.2 Å². The molecule has 0 bridgehead atoms. The van der Waals surface area contributed by atoms with Crippen molar-refractivity contribution in [1.82, 2.24) is 0 Å². The number of rotatable bonds is 4. The molecule has 3 rings (SSSR count). The normalized spacial score (nSPS) is 11.1. The summed E-state index contributed by atoms with van der Waals surface area (Å²) in [6.07, 6.45) is 0. The van der Waals surface area contributed by atoms with Gasteiger partial charge >= 0.3 is 0 Å². The second-order valence-electron chi connectivity index (χ2n) is 4.34. The summed E-state index contributed by atoms with van der Waals surface area (Å²) < 4.78 is 12.6. The first kappa shape index (κ1) is 13.1. The summed E-state index contributed by atoms with van der Waals surface area (Å²) in [5, 5.41) is 1.51. The van der Waals surface area contributed by atoms with E-state index in [4.69, 9.17) is 9.47 Å². The zero-order chi connectivity index (χ0) is 13.9. The van der Waals surface area contributed by atoms with Crippen molar-refractivity contribution in [1.29, 1.82) is 0 Å². The summed E-state index contributed by atoms with van der Waals surface area (Å²) in [5.41, 5.74) is 0.0747. The topological polar surface area (TPSA) is 35.5 Å². The van der Waals surface area contributed by atoms with Crippen molar-refractivity contribution in [3.8, 4) is 5.75 Å². The highest BCUT2D eigenvalue weighted by atomic mass is 32.1. The second kappa shape index (κ2) is 5.61. The fraction of sp³-hybridized carbons (Fsp3) is 0.188. The maximum atomic E-state index is 12.4. The van der Waals surface area contributed by atoms with Gasteiger partial charge in [-0.2, -0.15) is 0 Å². The van der Waals surface area contributed by atoms with E-state index in [1.165, 1.54) is 0 Å². The lowest BCUT2D eigenvalue weighted by atomic mass is 10.2. The molecule has 0 unspecified atom stereocenters. The van der Waals surface area contributed by atoms with E-state index in [1.54, 1.807) is 11.3 Å². The molecule has 0 fully saturated rings. The lowest BCUT2D eigenvalue weighted by Gasteiger charge is -2.07. The monoisotopic (exact) mass is 286 g/mol. The lowest BCUT2D eigenvalue weighted by Crippen LogP contribution is -2.03. The first-order chi connectivity index (χ1) is 9.79. The minimum atomic E-state index is 0.0747. The third-order valence-corrected chi connectivity index (χ3v) is 4.20. The molecule has 1 aromatic heterocycles. The van der Waals surface area contributed by atoms with Crippen LogP contribution >= 0.6 is 11.3 Å². The van der Waals surface area contributed by atoms with Crippen LogP contribution in [-0.2, 0) is 4.74 Å². The standard InChI is InChI=1S/C16H14O3S/c1-2-18-10-19-11-7-8-13-15(9-11)20-14-6-4-3-5-12(14)16(13)17/h3-9H,2,10H2,1H3. The van der Waals surface area contributed by atoms with Gasteiger partial charge in [0.15, 0.2) is 12.2 Å². The molecule has 2 aromatic carbocycles. The molecule has 0 saturated carbocycles. The van der Waals surface area contributed by atoms with E-state index in [0.717, 1.165) is 25.9 Å². The van der Waals surface area contributed by atoms with Gasteiger partial charge < -0.3 is 9.47 Å². The quantitative estimate of drug-likeness (QED) is 0.416. The maximum absolute atomic E-state index is 12.4. The predicted molar refractivity (Wildman–Crippen MR) is 82.7 cm³/mol. The Labute approximate surface area is 120 Å². The minimum absolute atomic E-state index is 0.0747. The summed E-state index contributed by atoms with van der Waals surface area (Å²) in [5.74, 6) is 0.719. The number of hydrogen-bond donors (Lipinski definition) is 0. The molecule has 0 aliphatic rings. The molecular formula is C16H14O3S. The molecule has 20 heavy (non-hydrogen) atoms. The Bertz CT molecular complexity index is 808. The zero-order valence-electron chi connectivity index (χ0n) is 11.1. The average Bonchev–Trinajstić information content (AvgIpc) is 2.48. The average molecular weight is 286 g/mol. The van der Waals surface area contributed by atoms with E-state index in [0.29, 0.717) is 6.61 Å². The van der Waals surface area contributed by atoms with Gasteiger partial charge in [-0.15, -0.1) is 11.3 Å². The molecule has 1 heterocycles. The summed E-state index contributed by atoms with van der Waals surface area (Å²) in [6.45, 7) is 2.76. The maximum Gasteiger partial charge on any atom is 0.195 e. The molecule has 102 valence electrons. The molecule has 0 saturated heterocycles. The van der Waals surface area contributed by atoms with Gasteiger partial charge in [0, 0.05) is 26.8 Å². The lowest BCUT2D eigenvalue weighted by molar-refractivity contribution is 0.0225. The molecular weight excluding hydrogens is 272 g/mol. The van der Waals surface area contributed by atoms with Crippen molar-refractivity contribution in [2.45, 2.75) is 6.92 Å². The summed E-state index contributed by atoms with van der Waals surface area (Å²) in [7, 11) is 0. The van der Waals surface area contributed by atoms with Crippen molar-refractivity contribution in [3.05, 3.63) is 52.7 Å². The molecule has 0 aliphatic heterocycles. The summed E-state index contributed by atoms with van der Waals surface area (Å²) in [4.78, 5) is 12.4. The van der Waals surface area contributed by atoms with Crippen LogP contribution in [0, 0.1) is 0 Å². The highest BCUT2D eigenvalue weighted by molar-refractivity contribution is 7.24. The Morgan fingerprint density at radius 2 is 1.85 bits per heavy atom. The van der Waals surface area contributed by atoms with E-state index >= 15 is 0 Å². The van der Waals surface area contributed by atoms with Crippen LogP contribution in [0.2, 0.25) is 0 Å². The predicted octanol–water partition coefficient (Wildman–Crippen LogP) is 3.79. The Kier molecular flexibility index (Phi) is 3.67. The molecule has 0 spiro atoms. The van der Waals surface area contributed by atoms with Gasteiger partial charge in [0.2, 0.25) is 0 Å². The summed E-state index contributed by atoms with van der Waals surface area (Å²) in [6, 6.07) is 13.2. The summed E-state index contributed by atoms with van der Waals surface area (Å²) >= 11 is 1.60. The Hall–Kier alpha value is -1.91. The van der Waals surface area contributed by atoms with Crippen molar-refractivity contribution in [2.24, 2.45) is 0 Å². The fourth-order valence-electron chi connectivity index (χ4n) is 2.06. The van der Waals surface area contributed by atoms with Gasteiger partial charge in [0.1, 0.15) is 5.75 Å². The minimum Gasteiger partial charge on any atom is -0.468 e. The van der Waals surface area contributed by atoms with E-state index in [9.17, 15) is 4.79 Å². The number of benzene rings is 2. The molecule has 4 heteroatoms. The highest BCUT2D eigenvalue weighted by Gasteiger charge is 2.06. The first-order valence-electron chi connectivity index (χ1n) is 6.46. The molecule has 3 aromatic rings. The fourth-order valence-corrected chi connectivity index (χ4v) is 3.16. The van der Waals surface area contributed by atoms with Gasteiger partial charge in [-0.25, -0.2) is 0 Å². The number of ether oxygens (including phenoxy) is 2. The third kappa shape index (κ3) is 2.40. The van der Waals surface area contributed by atoms with Gasteiger partial charge in [-0.05, 0) is 37.3 Å². The number of hydrogen-bond acceptors (Lipinski definition) is 4. The zero-order valence-corrected chi connectivity index (χ0v) is 11.9. The molecule has 0 aliphatic carbocycles. The second-order valence-corrected chi connectivity index (χ2v) is 5.42. The SMILES string of the molecule is CCOCOc1ccc2c(=O)c3ccccc3sc2c1. The molecule has 0 radical (unpaired) electrons. The van der Waals surface area contributed by atoms with Crippen LogP contribution in [0.1, 0.15) is 6.92 Å². The van der Waals surface area contributed by atoms with E-state index in [2.05, 4.69) is 0 Å². The molecule has 0 atom stereocenters. The van der Waals surface area contributed by atoms with Crippen molar-refractivity contribution >= 4 is 31.5 Å².